The molecule has 2 heterocycles. The van der Waals surface area contributed by atoms with E-state index in [4.69, 9.17) is 0 Å². The number of dihydropyridines is 1. The maximum Gasteiger partial charge on any atom is 0.234 e. The number of nitrogens with zero attached hydrogens (tertiary/aromatic N) is 1. The number of hydrogen-bond acceptors (Lipinski definition) is 6. The van der Waals surface area contributed by atoms with Gasteiger partial charge in [-0.2, -0.15) is 5.26 Å². The second-order valence-corrected chi connectivity index (χ2v) is 9.72. The van der Waals surface area contributed by atoms with Crippen molar-refractivity contribution in [1.82, 2.24) is 5.32 Å². The summed E-state index contributed by atoms with van der Waals surface area (Å²) in [6.07, 6.45) is 2.09. The molecule has 0 bridgehead atoms. The molecule has 158 valence electrons. The molecular formula is C24H23N3O2S2. The standard InChI is InChI=1S/C24H23N3O2S2/c1-14-8-9-17(15(2)11-14)26-21(29)13-31-24-16(12-25)22(20-7-4-10-30-20)23-18(27-24)5-3-6-19(23)28/h4,7-11,22,27H,3,5-6,13H2,1-2H3,(H,26,29)/t22-/m0/s1. The molecule has 1 aliphatic carbocycles. The lowest BCUT2D eigenvalue weighted by molar-refractivity contribution is -0.116. The fourth-order valence-electron chi connectivity index (χ4n) is 4.06. The molecule has 2 N–H and O–H groups in total. The number of carbonyl (C=O) groups is 2. The average molecular weight is 450 g/mol. The molecule has 1 amide bonds. The Kier molecular flexibility index (Phi) is 6.30. The molecule has 1 aromatic carbocycles. The third-order valence-electron chi connectivity index (χ3n) is 5.49. The van der Waals surface area contributed by atoms with Gasteiger partial charge < -0.3 is 10.6 Å². The van der Waals surface area contributed by atoms with Crippen LogP contribution in [0.2, 0.25) is 0 Å². The van der Waals surface area contributed by atoms with Crippen molar-refractivity contribution in [2.45, 2.75) is 39.0 Å². The third kappa shape index (κ3) is 4.46. The number of aryl methyl sites for hydroxylation is 2. The number of nitriles is 1. The number of thiophene rings is 1. The average Bonchev–Trinajstić information content (AvgIpc) is 3.28. The highest BCUT2D eigenvalue weighted by molar-refractivity contribution is 8.03. The van der Waals surface area contributed by atoms with Gasteiger partial charge >= 0.3 is 0 Å². The molecule has 2 aliphatic rings. The fourth-order valence-corrected chi connectivity index (χ4v) is 5.76. The van der Waals surface area contributed by atoms with Crippen LogP contribution in [0.3, 0.4) is 0 Å². The minimum Gasteiger partial charge on any atom is -0.352 e. The maximum absolute atomic E-state index is 12.7. The number of anilines is 1. The van der Waals surface area contributed by atoms with E-state index in [2.05, 4.69) is 16.7 Å². The highest BCUT2D eigenvalue weighted by Gasteiger charge is 2.37. The smallest absolute Gasteiger partial charge is 0.234 e. The Morgan fingerprint density at radius 2 is 2.16 bits per heavy atom. The van der Waals surface area contributed by atoms with E-state index >= 15 is 0 Å². The summed E-state index contributed by atoms with van der Waals surface area (Å²) in [7, 11) is 0. The molecule has 1 atom stereocenters. The summed E-state index contributed by atoms with van der Waals surface area (Å²) in [6.45, 7) is 3.98. The second kappa shape index (κ2) is 9.13. The third-order valence-corrected chi connectivity index (χ3v) is 7.45. The van der Waals surface area contributed by atoms with Crippen molar-refractivity contribution in [2.24, 2.45) is 0 Å². The lowest BCUT2D eigenvalue weighted by atomic mass is 9.79. The second-order valence-electron chi connectivity index (χ2n) is 7.75. The van der Waals surface area contributed by atoms with Crippen LogP contribution < -0.4 is 10.6 Å². The highest BCUT2D eigenvalue weighted by atomic mass is 32.2. The van der Waals surface area contributed by atoms with Crippen molar-refractivity contribution in [3.63, 3.8) is 0 Å². The van der Waals surface area contributed by atoms with Gasteiger partial charge in [-0.15, -0.1) is 11.3 Å². The van der Waals surface area contributed by atoms with Gasteiger partial charge in [0, 0.05) is 28.3 Å². The van der Waals surface area contributed by atoms with E-state index < -0.39 is 0 Å². The number of benzene rings is 1. The Balaban J connectivity index is 1.57. The van der Waals surface area contributed by atoms with Crippen LogP contribution in [0.15, 0.2) is 57.6 Å². The topological polar surface area (TPSA) is 82.0 Å². The van der Waals surface area contributed by atoms with Gasteiger partial charge in [0.1, 0.15) is 0 Å². The molecule has 31 heavy (non-hydrogen) atoms. The highest BCUT2D eigenvalue weighted by Crippen LogP contribution is 2.45. The van der Waals surface area contributed by atoms with Gasteiger partial charge in [0.2, 0.25) is 5.91 Å². The number of Topliss-reactive ketones (excluding diaryl/α,β-unsaturated/α-hetero) is 1. The summed E-state index contributed by atoms with van der Waals surface area (Å²) < 4.78 is 0. The van der Waals surface area contributed by atoms with Gasteiger partial charge in [-0.3, -0.25) is 9.59 Å². The van der Waals surface area contributed by atoms with Crippen molar-refractivity contribution in [1.29, 1.82) is 5.26 Å². The van der Waals surface area contributed by atoms with Crippen LogP contribution in [-0.2, 0) is 9.59 Å². The molecule has 1 aliphatic heterocycles. The van der Waals surface area contributed by atoms with Crippen molar-refractivity contribution in [3.8, 4) is 6.07 Å². The predicted octanol–water partition coefficient (Wildman–Crippen LogP) is 5.17. The first kappa shape index (κ1) is 21.4. The van der Waals surface area contributed by atoms with Crippen molar-refractivity contribution < 1.29 is 9.59 Å². The van der Waals surface area contributed by atoms with Crippen LogP contribution in [0.5, 0.6) is 0 Å². The van der Waals surface area contributed by atoms with E-state index in [9.17, 15) is 14.9 Å². The summed E-state index contributed by atoms with van der Waals surface area (Å²) >= 11 is 2.87. The normalized spacial score (nSPS) is 18.4. The predicted molar refractivity (Wildman–Crippen MR) is 126 cm³/mol. The van der Waals surface area contributed by atoms with E-state index in [-0.39, 0.29) is 23.4 Å². The Labute approximate surface area is 190 Å². The lowest BCUT2D eigenvalue weighted by Crippen LogP contribution is -2.31. The van der Waals surface area contributed by atoms with E-state index in [1.165, 1.54) is 11.8 Å². The summed E-state index contributed by atoms with van der Waals surface area (Å²) in [5, 5.41) is 18.9. The van der Waals surface area contributed by atoms with Gasteiger partial charge in [-0.25, -0.2) is 0 Å². The molecule has 0 saturated carbocycles. The van der Waals surface area contributed by atoms with Crippen molar-refractivity contribution >= 4 is 40.5 Å². The Bertz CT molecular complexity index is 1140. The number of allylic oxidation sites excluding steroid dienone is 3. The molecule has 2 aromatic rings. The largest absolute Gasteiger partial charge is 0.352 e. The molecule has 0 radical (unpaired) electrons. The first-order valence-electron chi connectivity index (χ1n) is 10.2. The number of hydrogen-bond donors (Lipinski definition) is 2. The molecule has 0 unspecified atom stereocenters. The number of ketones is 1. The molecule has 0 saturated heterocycles. The lowest BCUT2D eigenvalue weighted by Gasteiger charge is -2.32. The van der Waals surface area contributed by atoms with E-state index in [0.717, 1.165) is 40.2 Å². The SMILES string of the molecule is Cc1ccc(NC(=O)CSC2=C(C#N)[C@@H](c3cccs3)C3=C(CCCC3=O)N2)c(C)c1. The minimum atomic E-state index is -0.348. The number of carbonyl (C=O) groups excluding carboxylic acids is 2. The first-order chi connectivity index (χ1) is 15.0. The Morgan fingerprint density at radius 3 is 2.87 bits per heavy atom. The van der Waals surface area contributed by atoms with Gasteiger partial charge in [0.25, 0.3) is 0 Å². The first-order valence-corrected chi connectivity index (χ1v) is 12.0. The number of amides is 1. The Morgan fingerprint density at radius 1 is 1.32 bits per heavy atom. The molecule has 0 spiro atoms. The maximum atomic E-state index is 12.7. The van der Waals surface area contributed by atoms with Crippen LogP contribution in [0.1, 0.15) is 41.2 Å². The summed E-state index contributed by atoms with van der Waals surface area (Å²) in [6, 6.07) is 12.1. The van der Waals surface area contributed by atoms with Crippen molar-refractivity contribution in [3.05, 3.63) is 73.6 Å². The van der Waals surface area contributed by atoms with Crippen LogP contribution in [-0.4, -0.2) is 17.4 Å². The summed E-state index contributed by atoms with van der Waals surface area (Å²) in [5.41, 5.74) is 5.08. The fraction of sp³-hybridized carbons (Fsp3) is 0.292. The summed E-state index contributed by atoms with van der Waals surface area (Å²) in [5.74, 6) is -0.194. The van der Waals surface area contributed by atoms with E-state index in [0.29, 0.717) is 22.6 Å². The molecule has 5 nitrogen and oxygen atoms in total. The molecule has 7 heteroatoms. The van der Waals surface area contributed by atoms with Gasteiger partial charge in [-0.05, 0) is 49.8 Å². The van der Waals surface area contributed by atoms with Crippen LogP contribution in [0.25, 0.3) is 0 Å². The zero-order valence-corrected chi connectivity index (χ0v) is 19.1. The number of rotatable bonds is 5. The quantitative estimate of drug-likeness (QED) is 0.658. The number of thioether (sulfide) groups is 1. The zero-order chi connectivity index (χ0) is 22.0. The number of nitrogens with one attached hydrogen (secondary N) is 2. The van der Waals surface area contributed by atoms with Crippen molar-refractivity contribution in [2.75, 3.05) is 11.1 Å². The molecule has 1 aromatic heterocycles. The van der Waals surface area contributed by atoms with Crippen LogP contribution >= 0.6 is 23.1 Å². The van der Waals surface area contributed by atoms with E-state index in [1.807, 2.05) is 49.6 Å². The van der Waals surface area contributed by atoms with Gasteiger partial charge in [-0.1, -0.05) is 35.5 Å². The van der Waals surface area contributed by atoms with Gasteiger partial charge in [0.05, 0.1) is 28.3 Å². The monoisotopic (exact) mass is 449 g/mol. The Hall–Kier alpha value is -2.82. The van der Waals surface area contributed by atoms with E-state index in [1.54, 1.807) is 11.3 Å². The molecule has 0 fully saturated rings. The molecular weight excluding hydrogens is 426 g/mol. The summed E-state index contributed by atoms with van der Waals surface area (Å²) in [4.78, 5) is 26.3. The minimum absolute atomic E-state index is 0.108. The van der Waals surface area contributed by atoms with Crippen LogP contribution in [0, 0.1) is 25.2 Å². The molecule has 4 rings (SSSR count). The van der Waals surface area contributed by atoms with Gasteiger partial charge in [0.15, 0.2) is 5.78 Å². The zero-order valence-electron chi connectivity index (χ0n) is 17.5. The van der Waals surface area contributed by atoms with Crippen LogP contribution in [0.4, 0.5) is 5.69 Å².